The van der Waals surface area contributed by atoms with Crippen LogP contribution < -0.4 is 15.4 Å². The third kappa shape index (κ3) is 6.43. The number of amides is 2. The largest absolute Gasteiger partial charge is 0.491 e. The van der Waals surface area contributed by atoms with Crippen LogP contribution in [0.5, 0.6) is 5.75 Å². The molecule has 0 aliphatic rings. The number of carbonyl (C=O) groups excluding carboxylic acids is 1. The van der Waals surface area contributed by atoms with E-state index in [9.17, 15) is 4.79 Å². The van der Waals surface area contributed by atoms with Crippen LogP contribution in [0, 0.1) is 13.8 Å². The van der Waals surface area contributed by atoms with Gasteiger partial charge in [-0.15, -0.1) is 0 Å². The summed E-state index contributed by atoms with van der Waals surface area (Å²) in [6.45, 7) is 6.48. The lowest BCUT2D eigenvalue weighted by Crippen LogP contribution is -2.40. The average Bonchev–Trinajstić information content (AvgIpc) is 2.36. The van der Waals surface area contributed by atoms with Crippen LogP contribution in [-0.4, -0.2) is 51.3 Å². The topological polar surface area (TPSA) is 53.6 Å². The summed E-state index contributed by atoms with van der Waals surface area (Å²) in [6, 6.07) is 5.90. The molecule has 1 rings (SSSR count). The lowest BCUT2D eigenvalue weighted by molar-refractivity contribution is 0.235. The molecular weight excluding hydrogens is 254 g/mol. The molecule has 0 aliphatic heterocycles. The van der Waals surface area contributed by atoms with Gasteiger partial charge >= 0.3 is 6.03 Å². The first-order valence-electron chi connectivity index (χ1n) is 6.85. The number of hydrogen-bond donors (Lipinski definition) is 2. The molecule has 0 saturated heterocycles. The summed E-state index contributed by atoms with van der Waals surface area (Å²) in [5, 5.41) is 5.55. The first-order chi connectivity index (χ1) is 9.49. The summed E-state index contributed by atoms with van der Waals surface area (Å²) in [4.78, 5) is 13.5. The van der Waals surface area contributed by atoms with Gasteiger partial charge < -0.3 is 20.3 Å². The number of ether oxygens (including phenoxy) is 1. The van der Waals surface area contributed by atoms with Gasteiger partial charge in [-0.05, 0) is 39.6 Å². The van der Waals surface area contributed by atoms with Crippen molar-refractivity contribution in [3.8, 4) is 5.75 Å². The highest BCUT2D eigenvalue weighted by Crippen LogP contribution is 2.18. The molecule has 112 valence electrons. The molecule has 1 aromatic rings. The number of benzene rings is 1. The van der Waals surface area contributed by atoms with Gasteiger partial charge in [0.15, 0.2) is 0 Å². The fourth-order valence-corrected chi connectivity index (χ4v) is 1.74. The third-order valence-electron chi connectivity index (χ3n) is 2.82. The number of nitrogens with one attached hydrogen (secondary N) is 2. The van der Waals surface area contributed by atoms with E-state index in [0.29, 0.717) is 19.7 Å². The van der Waals surface area contributed by atoms with Crippen LogP contribution in [0.4, 0.5) is 4.79 Å². The summed E-state index contributed by atoms with van der Waals surface area (Å²) < 4.78 is 5.63. The first kappa shape index (κ1) is 16.3. The Morgan fingerprint density at radius 1 is 1.20 bits per heavy atom. The van der Waals surface area contributed by atoms with Crippen molar-refractivity contribution in [2.24, 2.45) is 0 Å². The Hall–Kier alpha value is -1.75. The van der Waals surface area contributed by atoms with Gasteiger partial charge in [-0.25, -0.2) is 4.79 Å². The van der Waals surface area contributed by atoms with Gasteiger partial charge in [0.2, 0.25) is 0 Å². The minimum atomic E-state index is -0.156. The zero-order valence-electron chi connectivity index (χ0n) is 12.8. The van der Waals surface area contributed by atoms with E-state index in [1.165, 1.54) is 5.56 Å². The quantitative estimate of drug-likeness (QED) is 0.745. The molecule has 20 heavy (non-hydrogen) atoms. The highest BCUT2D eigenvalue weighted by Gasteiger charge is 2.01. The van der Waals surface area contributed by atoms with E-state index >= 15 is 0 Å². The number of hydrogen-bond acceptors (Lipinski definition) is 3. The Morgan fingerprint density at radius 2 is 1.90 bits per heavy atom. The molecule has 5 nitrogen and oxygen atoms in total. The van der Waals surface area contributed by atoms with Crippen molar-refractivity contribution < 1.29 is 9.53 Å². The Morgan fingerprint density at radius 3 is 2.55 bits per heavy atom. The molecule has 0 spiro atoms. The Labute approximate surface area is 121 Å². The van der Waals surface area contributed by atoms with E-state index in [2.05, 4.69) is 23.6 Å². The third-order valence-corrected chi connectivity index (χ3v) is 2.82. The molecular formula is C15H25N3O2. The van der Waals surface area contributed by atoms with Crippen LogP contribution in [0.1, 0.15) is 11.1 Å². The second-order valence-corrected chi connectivity index (χ2v) is 5.10. The van der Waals surface area contributed by atoms with Crippen LogP contribution in [0.15, 0.2) is 18.2 Å². The predicted octanol–water partition coefficient (Wildman–Crippen LogP) is 1.54. The molecule has 5 heteroatoms. The Bertz CT molecular complexity index is 433. The number of urea groups is 1. The average molecular weight is 279 g/mol. The molecule has 0 heterocycles. The highest BCUT2D eigenvalue weighted by atomic mass is 16.5. The molecule has 0 aromatic heterocycles. The maximum absolute atomic E-state index is 11.5. The van der Waals surface area contributed by atoms with Crippen molar-refractivity contribution >= 4 is 6.03 Å². The van der Waals surface area contributed by atoms with Crippen molar-refractivity contribution in [2.45, 2.75) is 13.8 Å². The number of nitrogens with zero attached hydrogens (tertiary/aromatic N) is 1. The standard InChI is InChI=1S/C15H25N3O2/c1-12-5-6-14(13(2)11-12)20-10-8-17-15(19)16-7-9-18(3)4/h5-6,11H,7-10H2,1-4H3,(H2,16,17,19). The minimum absolute atomic E-state index is 0.156. The van der Waals surface area contributed by atoms with E-state index in [4.69, 9.17) is 4.74 Å². The molecule has 2 N–H and O–H groups in total. The fourth-order valence-electron chi connectivity index (χ4n) is 1.74. The summed E-state index contributed by atoms with van der Waals surface area (Å²) >= 11 is 0. The van der Waals surface area contributed by atoms with E-state index in [0.717, 1.165) is 17.9 Å². The van der Waals surface area contributed by atoms with Crippen LogP contribution in [0.3, 0.4) is 0 Å². The number of aryl methyl sites for hydroxylation is 2. The molecule has 0 radical (unpaired) electrons. The summed E-state index contributed by atoms with van der Waals surface area (Å²) in [6.07, 6.45) is 0. The highest BCUT2D eigenvalue weighted by molar-refractivity contribution is 5.73. The lowest BCUT2D eigenvalue weighted by Gasteiger charge is -2.12. The molecule has 0 unspecified atom stereocenters. The van der Waals surface area contributed by atoms with Gasteiger partial charge in [0.05, 0.1) is 6.54 Å². The van der Waals surface area contributed by atoms with Crippen LogP contribution in [0.2, 0.25) is 0 Å². The van der Waals surface area contributed by atoms with Crippen LogP contribution in [0.25, 0.3) is 0 Å². The molecule has 0 fully saturated rings. The van der Waals surface area contributed by atoms with Crippen molar-refractivity contribution in [2.75, 3.05) is 40.3 Å². The molecule has 0 atom stereocenters. The molecule has 1 aromatic carbocycles. The maximum atomic E-state index is 11.5. The van der Waals surface area contributed by atoms with Gasteiger partial charge in [-0.1, -0.05) is 17.7 Å². The summed E-state index contributed by atoms with van der Waals surface area (Å²) in [5.41, 5.74) is 2.33. The number of carbonyl (C=O) groups is 1. The van der Waals surface area contributed by atoms with Crippen LogP contribution in [-0.2, 0) is 0 Å². The first-order valence-corrected chi connectivity index (χ1v) is 6.85. The van der Waals surface area contributed by atoms with Crippen molar-refractivity contribution in [1.29, 1.82) is 0 Å². The molecule has 2 amide bonds. The predicted molar refractivity (Wildman–Crippen MR) is 81.4 cm³/mol. The monoisotopic (exact) mass is 279 g/mol. The minimum Gasteiger partial charge on any atom is -0.491 e. The number of rotatable bonds is 7. The summed E-state index contributed by atoms with van der Waals surface area (Å²) in [5.74, 6) is 0.866. The molecule has 0 saturated carbocycles. The Balaban J connectivity index is 2.16. The van der Waals surface area contributed by atoms with Gasteiger partial charge in [0.1, 0.15) is 12.4 Å². The van der Waals surface area contributed by atoms with Crippen molar-refractivity contribution in [3.05, 3.63) is 29.3 Å². The second-order valence-electron chi connectivity index (χ2n) is 5.10. The van der Waals surface area contributed by atoms with Crippen molar-refractivity contribution in [3.63, 3.8) is 0 Å². The van der Waals surface area contributed by atoms with Crippen LogP contribution >= 0.6 is 0 Å². The normalized spacial score (nSPS) is 10.4. The van der Waals surface area contributed by atoms with Gasteiger partial charge in [-0.3, -0.25) is 0 Å². The SMILES string of the molecule is Cc1ccc(OCCNC(=O)NCCN(C)C)c(C)c1. The van der Waals surface area contributed by atoms with Crippen molar-refractivity contribution in [1.82, 2.24) is 15.5 Å². The van der Waals surface area contributed by atoms with Gasteiger partial charge in [-0.2, -0.15) is 0 Å². The molecule has 0 aliphatic carbocycles. The number of likely N-dealkylation sites (N-methyl/N-ethyl adjacent to an activating group) is 1. The fraction of sp³-hybridized carbons (Fsp3) is 0.533. The van der Waals surface area contributed by atoms with Gasteiger partial charge in [0, 0.05) is 13.1 Å². The Kier molecular flexibility index (Phi) is 6.87. The van der Waals surface area contributed by atoms with Gasteiger partial charge in [0.25, 0.3) is 0 Å². The lowest BCUT2D eigenvalue weighted by atomic mass is 10.1. The van der Waals surface area contributed by atoms with E-state index < -0.39 is 0 Å². The van der Waals surface area contributed by atoms with E-state index in [1.54, 1.807) is 0 Å². The zero-order chi connectivity index (χ0) is 15.0. The smallest absolute Gasteiger partial charge is 0.314 e. The summed E-state index contributed by atoms with van der Waals surface area (Å²) in [7, 11) is 3.94. The zero-order valence-corrected chi connectivity index (χ0v) is 12.8. The molecule has 0 bridgehead atoms. The van der Waals surface area contributed by atoms with E-state index in [-0.39, 0.29) is 6.03 Å². The second kappa shape index (κ2) is 8.43. The maximum Gasteiger partial charge on any atom is 0.314 e. The van der Waals surface area contributed by atoms with E-state index in [1.807, 2.05) is 38.1 Å².